The monoisotopic (exact) mass is 601 g/mol. The molecule has 0 bridgehead atoms. The van der Waals surface area contributed by atoms with Gasteiger partial charge in [-0.2, -0.15) is 26.3 Å². The molecule has 1 atom stereocenters. The second kappa shape index (κ2) is 11.1. The second-order valence-corrected chi connectivity index (χ2v) is 11.1. The maximum absolute atomic E-state index is 12.8. The number of nitrogens with zero attached hydrogens (tertiary/aromatic N) is 3. The Hall–Kier alpha value is -2.45. The van der Waals surface area contributed by atoms with Crippen molar-refractivity contribution in [2.75, 3.05) is 44.2 Å². The van der Waals surface area contributed by atoms with Gasteiger partial charge in [-0.15, -0.1) is 0 Å². The molecule has 3 saturated heterocycles. The summed E-state index contributed by atoms with van der Waals surface area (Å²) in [7, 11) is 0. The molecule has 1 spiro atoms. The number of halogens is 7. The third kappa shape index (κ3) is 6.54. The van der Waals surface area contributed by atoms with Crippen LogP contribution >= 0.6 is 11.6 Å². The summed E-state index contributed by atoms with van der Waals surface area (Å²) in [5.74, 6) is -1.07. The van der Waals surface area contributed by atoms with Crippen LogP contribution in [0.4, 0.5) is 36.8 Å². The minimum atomic E-state index is -5.77. The predicted molar refractivity (Wildman–Crippen MR) is 131 cm³/mol. The minimum Gasteiger partial charge on any atom is -0.479 e. The van der Waals surface area contributed by atoms with E-state index in [-0.39, 0.29) is 31.8 Å². The Balaban J connectivity index is 1.42. The molecule has 0 radical (unpaired) electrons. The highest BCUT2D eigenvalue weighted by atomic mass is 35.5. The zero-order valence-electron chi connectivity index (χ0n) is 21.7. The number of amides is 1. The van der Waals surface area contributed by atoms with Crippen molar-refractivity contribution >= 4 is 29.4 Å². The van der Waals surface area contributed by atoms with Crippen molar-refractivity contribution in [2.24, 2.45) is 0 Å². The molecule has 0 aromatic heterocycles. The number of morpholine rings is 1. The summed E-state index contributed by atoms with van der Waals surface area (Å²) in [5.41, 5.74) is -0.136. The number of piperidine rings is 1. The zero-order chi connectivity index (χ0) is 29.5. The van der Waals surface area contributed by atoms with Crippen LogP contribution in [0.25, 0.3) is 0 Å². The number of alkyl halides is 6. The molecular weight excluding hydrogens is 572 g/mol. The second-order valence-electron chi connectivity index (χ2n) is 10.7. The lowest BCUT2D eigenvalue weighted by Crippen LogP contribution is -2.55. The molecule has 1 unspecified atom stereocenters. The van der Waals surface area contributed by atoms with Crippen LogP contribution < -0.4 is 4.90 Å². The van der Waals surface area contributed by atoms with Gasteiger partial charge in [-0.1, -0.05) is 11.6 Å². The summed E-state index contributed by atoms with van der Waals surface area (Å²) in [5, 5.41) is 10.0. The van der Waals surface area contributed by atoms with Gasteiger partial charge in [0.25, 0.3) is 6.10 Å². The van der Waals surface area contributed by atoms with Crippen molar-refractivity contribution in [3.63, 3.8) is 0 Å². The smallest absolute Gasteiger partial charge is 0.434 e. The SMILES string of the molecule is CC1(C(=O)O)CN(c2cc(Cl)cc(CN3CCCC34CCN(C(=O)OC(C(F)(F)F)C(F)(F)F)CC4)c2)CCO1. The summed E-state index contributed by atoms with van der Waals surface area (Å²) in [6.45, 7) is 3.45. The number of benzene rings is 1. The molecule has 3 heterocycles. The van der Waals surface area contributed by atoms with Gasteiger partial charge < -0.3 is 24.4 Å². The van der Waals surface area contributed by atoms with Gasteiger partial charge >= 0.3 is 24.4 Å². The Bertz CT molecular complexity index is 1100. The van der Waals surface area contributed by atoms with Gasteiger partial charge in [0.1, 0.15) is 0 Å². The molecule has 3 aliphatic heterocycles. The van der Waals surface area contributed by atoms with E-state index in [9.17, 15) is 41.0 Å². The van der Waals surface area contributed by atoms with Crippen LogP contribution in [0.3, 0.4) is 0 Å². The third-order valence-corrected chi connectivity index (χ3v) is 8.13. The highest BCUT2D eigenvalue weighted by Crippen LogP contribution is 2.41. The van der Waals surface area contributed by atoms with Crippen molar-refractivity contribution in [3.05, 3.63) is 28.8 Å². The molecule has 8 nitrogen and oxygen atoms in total. The van der Waals surface area contributed by atoms with Gasteiger partial charge in [0.05, 0.1) is 13.2 Å². The van der Waals surface area contributed by atoms with Crippen molar-refractivity contribution in [2.45, 2.75) is 68.7 Å². The summed E-state index contributed by atoms with van der Waals surface area (Å²) in [4.78, 5) is 28.9. The van der Waals surface area contributed by atoms with E-state index in [1.54, 1.807) is 12.1 Å². The Morgan fingerprint density at radius 3 is 2.30 bits per heavy atom. The van der Waals surface area contributed by atoms with Gasteiger partial charge in [-0.05, 0) is 62.9 Å². The minimum absolute atomic E-state index is 0.0416. The van der Waals surface area contributed by atoms with Crippen LogP contribution in [-0.4, -0.2) is 95.9 Å². The number of aliphatic carboxylic acids is 1. The number of hydrogen-bond donors (Lipinski definition) is 1. The molecule has 0 aliphatic carbocycles. The maximum atomic E-state index is 12.8. The molecular formula is C25H30ClF6N3O5. The first kappa shape index (κ1) is 30.5. The van der Waals surface area contributed by atoms with Crippen molar-refractivity contribution < 1.29 is 50.5 Å². The van der Waals surface area contributed by atoms with Crippen LogP contribution in [0, 0.1) is 0 Å². The van der Waals surface area contributed by atoms with Crippen molar-refractivity contribution in [1.29, 1.82) is 0 Å². The maximum Gasteiger partial charge on any atom is 0.434 e. The highest BCUT2D eigenvalue weighted by Gasteiger charge is 2.60. The van der Waals surface area contributed by atoms with Gasteiger partial charge in [0.2, 0.25) is 0 Å². The average molecular weight is 602 g/mol. The van der Waals surface area contributed by atoms with Crippen molar-refractivity contribution in [1.82, 2.24) is 9.80 Å². The van der Waals surface area contributed by atoms with Crippen LogP contribution in [0.15, 0.2) is 18.2 Å². The first-order chi connectivity index (χ1) is 18.5. The normalized spacial score (nSPS) is 24.1. The lowest BCUT2D eigenvalue weighted by atomic mass is 9.85. The average Bonchev–Trinajstić information content (AvgIpc) is 3.22. The summed E-state index contributed by atoms with van der Waals surface area (Å²) in [6.07, 6.45) is -15.0. The first-order valence-corrected chi connectivity index (χ1v) is 13.2. The van der Waals surface area contributed by atoms with E-state index in [1.807, 2.05) is 11.0 Å². The van der Waals surface area contributed by atoms with Crippen LogP contribution in [0.1, 0.15) is 38.2 Å². The Morgan fingerprint density at radius 1 is 1.05 bits per heavy atom. The largest absolute Gasteiger partial charge is 0.479 e. The molecule has 1 N–H and O–H groups in total. The Morgan fingerprint density at radius 2 is 1.70 bits per heavy atom. The molecule has 4 rings (SSSR count). The van der Waals surface area contributed by atoms with Gasteiger partial charge in [-0.3, -0.25) is 4.90 Å². The number of carbonyl (C=O) groups excluding carboxylic acids is 1. The van der Waals surface area contributed by atoms with E-state index in [1.165, 1.54) is 6.92 Å². The topological polar surface area (TPSA) is 82.6 Å². The molecule has 1 aromatic rings. The summed E-state index contributed by atoms with van der Waals surface area (Å²) in [6, 6.07) is 5.47. The molecule has 3 fully saturated rings. The number of hydrogen-bond acceptors (Lipinski definition) is 6. The van der Waals surface area contributed by atoms with Crippen LogP contribution in [-0.2, 0) is 20.8 Å². The molecule has 1 aromatic carbocycles. The predicted octanol–water partition coefficient (Wildman–Crippen LogP) is 5.08. The molecule has 0 saturated carbocycles. The number of carboxylic acid groups (broad SMARTS) is 1. The van der Waals surface area contributed by atoms with Crippen LogP contribution in [0.2, 0.25) is 5.02 Å². The lowest BCUT2D eigenvalue weighted by Gasteiger charge is -2.45. The Labute approximate surface area is 231 Å². The summed E-state index contributed by atoms with van der Waals surface area (Å²) < 4.78 is 86.3. The van der Waals surface area contributed by atoms with Crippen LogP contribution in [0.5, 0.6) is 0 Å². The zero-order valence-corrected chi connectivity index (χ0v) is 22.4. The van der Waals surface area contributed by atoms with Gasteiger partial charge in [-0.25, -0.2) is 9.59 Å². The van der Waals surface area contributed by atoms with Gasteiger partial charge in [0.15, 0.2) is 5.60 Å². The highest BCUT2D eigenvalue weighted by molar-refractivity contribution is 6.30. The number of likely N-dealkylation sites (tertiary alicyclic amines) is 2. The molecule has 1 amide bonds. The molecule has 40 heavy (non-hydrogen) atoms. The Kier molecular flexibility index (Phi) is 8.46. The van der Waals surface area contributed by atoms with E-state index in [0.29, 0.717) is 37.5 Å². The van der Waals surface area contributed by atoms with E-state index >= 15 is 0 Å². The fourth-order valence-corrected chi connectivity index (χ4v) is 6.01. The van der Waals surface area contributed by atoms with E-state index < -0.39 is 36.1 Å². The standard InChI is InChI=1S/C25H30ClF6N3O5/c1-22(20(36)37)15-34(9-10-39-22)18-12-16(11-17(26)13-18)14-35-6-2-3-23(35)4-7-33(8-5-23)21(38)40-19(24(27,28)29)25(30,31)32/h11-13,19H,2-10,14-15H2,1H3,(H,36,37). The number of carboxylic acids is 1. The number of anilines is 1. The fraction of sp³-hybridized carbons (Fsp3) is 0.680. The van der Waals surface area contributed by atoms with E-state index in [0.717, 1.165) is 29.0 Å². The quantitative estimate of drug-likeness (QED) is 0.472. The van der Waals surface area contributed by atoms with Crippen molar-refractivity contribution in [3.8, 4) is 0 Å². The molecule has 15 heteroatoms. The molecule has 3 aliphatic rings. The van der Waals surface area contributed by atoms with E-state index in [2.05, 4.69) is 9.64 Å². The molecule has 224 valence electrons. The lowest BCUT2D eigenvalue weighted by molar-refractivity contribution is -0.308. The number of carbonyl (C=O) groups is 2. The van der Waals surface area contributed by atoms with E-state index in [4.69, 9.17) is 16.3 Å². The number of rotatable bonds is 5. The van der Waals surface area contributed by atoms with Gasteiger partial charge in [0, 0.05) is 42.4 Å². The third-order valence-electron chi connectivity index (χ3n) is 7.91. The summed E-state index contributed by atoms with van der Waals surface area (Å²) >= 11 is 6.41. The first-order valence-electron chi connectivity index (χ1n) is 12.8. The number of ether oxygens (including phenoxy) is 2. The fourth-order valence-electron chi connectivity index (χ4n) is 5.75.